The third kappa shape index (κ3) is 5.25. The molecule has 1 unspecified atom stereocenters. The lowest BCUT2D eigenvalue weighted by atomic mass is 10.1. The van der Waals surface area contributed by atoms with Crippen LogP contribution in [0.3, 0.4) is 0 Å². The number of nitrogens with one attached hydrogen (secondary N) is 1. The topological polar surface area (TPSA) is 30.5 Å². The van der Waals surface area contributed by atoms with Crippen molar-refractivity contribution < 1.29 is 13.9 Å². The minimum atomic E-state index is -0.246. The number of methoxy groups -OCH3 is 1. The van der Waals surface area contributed by atoms with E-state index in [9.17, 15) is 4.39 Å². The first-order chi connectivity index (χ1) is 11.1. The molecular weight excluding hydrogens is 293 g/mol. The highest BCUT2D eigenvalue weighted by Crippen LogP contribution is 2.29. The molecule has 23 heavy (non-hydrogen) atoms. The number of hydrogen-bond donors (Lipinski definition) is 1. The molecule has 1 atom stereocenters. The second kappa shape index (κ2) is 8.53. The summed E-state index contributed by atoms with van der Waals surface area (Å²) in [6.07, 6.45) is 1.09. The molecule has 0 amide bonds. The Bertz CT molecular complexity index is 613. The molecule has 0 aliphatic heterocycles. The van der Waals surface area contributed by atoms with Gasteiger partial charge in [-0.05, 0) is 48.7 Å². The average molecular weight is 317 g/mol. The maximum absolute atomic E-state index is 12.9. The van der Waals surface area contributed by atoms with E-state index < -0.39 is 0 Å². The van der Waals surface area contributed by atoms with Crippen molar-refractivity contribution in [3.05, 3.63) is 59.4 Å². The lowest BCUT2D eigenvalue weighted by molar-refractivity contribution is 0.284. The van der Waals surface area contributed by atoms with Gasteiger partial charge in [-0.2, -0.15) is 0 Å². The van der Waals surface area contributed by atoms with Crippen LogP contribution in [-0.2, 0) is 13.2 Å². The van der Waals surface area contributed by atoms with Crippen molar-refractivity contribution in [3.63, 3.8) is 0 Å². The van der Waals surface area contributed by atoms with Crippen LogP contribution >= 0.6 is 0 Å². The highest BCUT2D eigenvalue weighted by molar-refractivity contribution is 5.43. The Morgan fingerprint density at radius 2 is 1.74 bits per heavy atom. The van der Waals surface area contributed by atoms with Gasteiger partial charge in [-0.1, -0.05) is 25.1 Å². The summed E-state index contributed by atoms with van der Waals surface area (Å²) in [7, 11) is 1.63. The third-order valence-electron chi connectivity index (χ3n) is 3.80. The Morgan fingerprint density at radius 3 is 2.39 bits per heavy atom. The average Bonchev–Trinajstić information content (AvgIpc) is 2.59. The Labute approximate surface area is 137 Å². The predicted octanol–water partition coefficient (Wildman–Crippen LogP) is 4.30. The zero-order valence-electron chi connectivity index (χ0n) is 13.9. The van der Waals surface area contributed by atoms with Gasteiger partial charge in [0.05, 0.1) is 7.11 Å². The van der Waals surface area contributed by atoms with Crippen molar-refractivity contribution >= 4 is 0 Å². The van der Waals surface area contributed by atoms with Crippen molar-refractivity contribution in [2.24, 2.45) is 0 Å². The normalized spacial score (nSPS) is 12.0. The molecule has 0 aliphatic carbocycles. The molecule has 0 aliphatic rings. The largest absolute Gasteiger partial charge is 0.493 e. The van der Waals surface area contributed by atoms with E-state index in [0.29, 0.717) is 24.1 Å². The summed E-state index contributed by atoms with van der Waals surface area (Å²) in [5.74, 6) is 1.14. The summed E-state index contributed by atoms with van der Waals surface area (Å²) < 4.78 is 24.1. The molecule has 2 aromatic rings. The van der Waals surface area contributed by atoms with Gasteiger partial charge in [-0.25, -0.2) is 4.39 Å². The quantitative estimate of drug-likeness (QED) is 0.787. The van der Waals surface area contributed by atoms with Crippen LogP contribution in [0.2, 0.25) is 0 Å². The van der Waals surface area contributed by atoms with Crippen LogP contribution in [0.15, 0.2) is 42.5 Å². The number of rotatable bonds is 8. The summed E-state index contributed by atoms with van der Waals surface area (Å²) in [6, 6.07) is 12.7. The van der Waals surface area contributed by atoms with Crippen LogP contribution in [0.1, 0.15) is 31.4 Å². The Morgan fingerprint density at radius 1 is 1.04 bits per heavy atom. The molecule has 0 heterocycles. The smallest absolute Gasteiger partial charge is 0.161 e. The molecule has 3 nitrogen and oxygen atoms in total. The summed E-state index contributed by atoms with van der Waals surface area (Å²) in [6.45, 7) is 5.49. The Kier molecular flexibility index (Phi) is 6.41. The van der Waals surface area contributed by atoms with Crippen molar-refractivity contribution in [3.8, 4) is 11.5 Å². The van der Waals surface area contributed by atoms with E-state index in [1.807, 2.05) is 18.2 Å². The van der Waals surface area contributed by atoms with E-state index in [4.69, 9.17) is 9.47 Å². The van der Waals surface area contributed by atoms with E-state index in [-0.39, 0.29) is 5.82 Å². The van der Waals surface area contributed by atoms with E-state index in [1.165, 1.54) is 12.1 Å². The minimum absolute atomic E-state index is 0.246. The van der Waals surface area contributed by atoms with Gasteiger partial charge in [0.25, 0.3) is 0 Å². The monoisotopic (exact) mass is 317 g/mol. The van der Waals surface area contributed by atoms with E-state index in [0.717, 1.165) is 24.1 Å². The first-order valence-electron chi connectivity index (χ1n) is 7.90. The molecule has 2 rings (SSSR count). The standard InChI is InChI=1S/C19H24FNO2/c1-4-14(2)21-12-16-7-10-18(19(11-16)22-3)23-13-15-5-8-17(20)9-6-15/h5-11,14,21H,4,12-13H2,1-3H3. The van der Waals surface area contributed by atoms with Gasteiger partial charge >= 0.3 is 0 Å². The van der Waals surface area contributed by atoms with Gasteiger partial charge in [-0.15, -0.1) is 0 Å². The summed E-state index contributed by atoms with van der Waals surface area (Å²) >= 11 is 0. The zero-order chi connectivity index (χ0) is 16.7. The highest BCUT2D eigenvalue weighted by atomic mass is 19.1. The molecule has 0 radical (unpaired) electrons. The van der Waals surface area contributed by atoms with Crippen LogP contribution in [-0.4, -0.2) is 13.2 Å². The fraction of sp³-hybridized carbons (Fsp3) is 0.368. The first kappa shape index (κ1) is 17.3. The Hall–Kier alpha value is -2.07. The summed E-state index contributed by atoms with van der Waals surface area (Å²) in [5, 5.41) is 3.45. The van der Waals surface area contributed by atoms with Gasteiger partial charge in [0.1, 0.15) is 12.4 Å². The number of hydrogen-bond acceptors (Lipinski definition) is 3. The highest BCUT2D eigenvalue weighted by Gasteiger charge is 2.07. The van der Waals surface area contributed by atoms with Crippen molar-refractivity contribution in [2.75, 3.05) is 7.11 Å². The molecule has 4 heteroatoms. The molecule has 0 saturated carbocycles. The van der Waals surface area contributed by atoms with Crippen molar-refractivity contribution in [1.29, 1.82) is 0 Å². The van der Waals surface area contributed by atoms with Gasteiger partial charge in [-0.3, -0.25) is 0 Å². The molecule has 124 valence electrons. The van der Waals surface area contributed by atoms with Gasteiger partial charge in [0.15, 0.2) is 11.5 Å². The number of halogens is 1. The second-order valence-electron chi connectivity index (χ2n) is 5.59. The van der Waals surface area contributed by atoms with Crippen LogP contribution in [0.25, 0.3) is 0 Å². The molecular formula is C19H24FNO2. The predicted molar refractivity (Wildman–Crippen MR) is 90.3 cm³/mol. The molecule has 0 spiro atoms. The fourth-order valence-electron chi connectivity index (χ4n) is 2.12. The van der Waals surface area contributed by atoms with Crippen LogP contribution in [0, 0.1) is 5.82 Å². The third-order valence-corrected chi connectivity index (χ3v) is 3.80. The molecule has 1 N–H and O–H groups in total. The molecule has 0 bridgehead atoms. The second-order valence-corrected chi connectivity index (χ2v) is 5.59. The van der Waals surface area contributed by atoms with Crippen molar-refractivity contribution in [2.45, 2.75) is 39.5 Å². The molecule has 0 aromatic heterocycles. The van der Waals surface area contributed by atoms with Gasteiger partial charge in [0, 0.05) is 12.6 Å². The molecule has 0 saturated heterocycles. The first-order valence-corrected chi connectivity index (χ1v) is 7.90. The maximum atomic E-state index is 12.9. The SMILES string of the molecule is CCC(C)NCc1ccc(OCc2ccc(F)cc2)c(OC)c1. The van der Waals surface area contributed by atoms with E-state index in [2.05, 4.69) is 19.2 Å². The summed E-state index contributed by atoms with van der Waals surface area (Å²) in [4.78, 5) is 0. The van der Waals surface area contributed by atoms with Crippen LogP contribution in [0.4, 0.5) is 4.39 Å². The number of ether oxygens (including phenoxy) is 2. The minimum Gasteiger partial charge on any atom is -0.493 e. The van der Waals surface area contributed by atoms with Crippen LogP contribution in [0.5, 0.6) is 11.5 Å². The molecule has 2 aromatic carbocycles. The summed E-state index contributed by atoms with van der Waals surface area (Å²) in [5.41, 5.74) is 2.06. The van der Waals surface area contributed by atoms with Gasteiger partial charge < -0.3 is 14.8 Å². The zero-order valence-corrected chi connectivity index (χ0v) is 13.9. The fourth-order valence-corrected chi connectivity index (χ4v) is 2.12. The lowest BCUT2D eigenvalue weighted by Gasteiger charge is -2.14. The number of benzene rings is 2. The van der Waals surface area contributed by atoms with Crippen LogP contribution < -0.4 is 14.8 Å². The Balaban J connectivity index is 1.99. The lowest BCUT2D eigenvalue weighted by Crippen LogP contribution is -2.24. The maximum Gasteiger partial charge on any atom is 0.161 e. The molecule has 0 fully saturated rings. The van der Waals surface area contributed by atoms with E-state index >= 15 is 0 Å². The van der Waals surface area contributed by atoms with E-state index in [1.54, 1.807) is 19.2 Å². The van der Waals surface area contributed by atoms with Crippen molar-refractivity contribution in [1.82, 2.24) is 5.32 Å². The van der Waals surface area contributed by atoms with Gasteiger partial charge in [0.2, 0.25) is 0 Å².